The Balaban J connectivity index is 2.05. The van der Waals surface area contributed by atoms with Gasteiger partial charge in [-0.2, -0.15) is 11.3 Å². The van der Waals surface area contributed by atoms with Gasteiger partial charge in [-0.25, -0.2) is 0 Å². The molecule has 0 aliphatic heterocycles. The van der Waals surface area contributed by atoms with E-state index < -0.39 is 0 Å². The van der Waals surface area contributed by atoms with Crippen molar-refractivity contribution in [3.05, 3.63) is 22.4 Å². The second-order valence-corrected chi connectivity index (χ2v) is 4.89. The number of hydrogen-bond donors (Lipinski definition) is 2. The normalized spacial score (nSPS) is 10.0. The minimum atomic E-state index is 0.0775. The van der Waals surface area contributed by atoms with E-state index in [1.807, 2.05) is 16.8 Å². The van der Waals surface area contributed by atoms with Gasteiger partial charge in [0.15, 0.2) is 0 Å². The zero-order chi connectivity index (χ0) is 11.8. The fourth-order valence-corrected chi connectivity index (χ4v) is 2.11. The quantitative estimate of drug-likeness (QED) is 0.578. The third-order valence-electron chi connectivity index (χ3n) is 2.12. The van der Waals surface area contributed by atoms with Gasteiger partial charge in [-0.1, -0.05) is 12.2 Å². The molecule has 0 aliphatic carbocycles. The second kappa shape index (κ2) is 7.35. The fraction of sp³-hybridized carbons (Fsp3) is 0.455. The predicted octanol–water partition coefficient (Wildman–Crippen LogP) is 1.86. The number of carbonyl (C=O) groups is 1. The van der Waals surface area contributed by atoms with E-state index in [1.165, 1.54) is 0 Å². The Labute approximate surface area is 105 Å². The Morgan fingerprint density at radius 1 is 1.50 bits per heavy atom. The van der Waals surface area contributed by atoms with Crippen molar-refractivity contribution in [1.29, 1.82) is 0 Å². The number of thiophene rings is 1. The third kappa shape index (κ3) is 5.82. The van der Waals surface area contributed by atoms with Crippen LogP contribution in [-0.4, -0.2) is 17.4 Å². The van der Waals surface area contributed by atoms with E-state index in [-0.39, 0.29) is 5.91 Å². The summed E-state index contributed by atoms with van der Waals surface area (Å²) in [4.78, 5) is 12.0. The smallest absolute Gasteiger partial charge is 0.224 e. The highest BCUT2D eigenvalue weighted by Gasteiger charge is 2.02. The van der Waals surface area contributed by atoms with Crippen LogP contribution in [0.25, 0.3) is 0 Å². The Morgan fingerprint density at radius 3 is 2.94 bits per heavy atom. The molecule has 3 N–H and O–H groups in total. The van der Waals surface area contributed by atoms with Crippen molar-refractivity contribution in [3.63, 3.8) is 0 Å². The second-order valence-electron chi connectivity index (χ2n) is 3.58. The van der Waals surface area contributed by atoms with Gasteiger partial charge in [0.05, 0.1) is 11.4 Å². The number of hydrogen-bond acceptors (Lipinski definition) is 3. The van der Waals surface area contributed by atoms with Crippen molar-refractivity contribution < 1.29 is 4.79 Å². The molecule has 1 amide bonds. The van der Waals surface area contributed by atoms with Crippen LogP contribution in [0.15, 0.2) is 16.8 Å². The van der Waals surface area contributed by atoms with Gasteiger partial charge in [-0.05, 0) is 41.7 Å². The van der Waals surface area contributed by atoms with Gasteiger partial charge in [0.1, 0.15) is 0 Å². The molecule has 88 valence electrons. The van der Waals surface area contributed by atoms with Gasteiger partial charge in [0.2, 0.25) is 5.91 Å². The topological polar surface area (TPSA) is 55.1 Å². The summed E-state index contributed by atoms with van der Waals surface area (Å²) in [6.07, 6.45) is 3.09. The molecule has 1 rings (SSSR count). The van der Waals surface area contributed by atoms with Crippen molar-refractivity contribution in [2.24, 2.45) is 5.73 Å². The molecule has 0 aliphatic rings. The minimum Gasteiger partial charge on any atom is -0.393 e. The molecule has 0 saturated heterocycles. The molecule has 0 spiro atoms. The maximum absolute atomic E-state index is 11.5. The molecule has 1 aromatic heterocycles. The summed E-state index contributed by atoms with van der Waals surface area (Å²) in [6.45, 7) is 0.700. The molecule has 0 saturated carbocycles. The molecule has 0 bridgehead atoms. The van der Waals surface area contributed by atoms with E-state index >= 15 is 0 Å². The minimum absolute atomic E-state index is 0.0775. The molecule has 5 heteroatoms. The average molecular weight is 256 g/mol. The molecule has 16 heavy (non-hydrogen) atoms. The van der Waals surface area contributed by atoms with Gasteiger partial charge in [0, 0.05) is 6.54 Å². The van der Waals surface area contributed by atoms with E-state index in [0.717, 1.165) is 24.8 Å². The van der Waals surface area contributed by atoms with Crippen LogP contribution in [0.3, 0.4) is 0 Å². The van der Waals surface area contributed by atoms with Crippen molar-refractivity contribution in [3.8, 4) is 0 Å². The van der Waals surface area contributed by atoms with Crippen molar-refractivity contribution in [1.82, 2.24) is 5.32 Å². The first-order chi connectivity index (χ1) is 7.68. The lowest BCUT2D eigenvalue weighted by Gasteiger charge is -2.03. The first-order valence-corrected chi connectivity index (χ1v) is 6.59. The molecule has 3 nitrogen and oxygen atoms in total. The maximum Gasteiger partial charge on any atom is 0.224 e. The summed E-state index contributed by atoms with van der Waals surface area (Å²) >= 11 is 6.37. The van der Waals surface area contributed by atoms with Crippen molar-refractivity contribution in [2.75, 3.05) is 6.54 Å². The van der Waals surface area contributed by atoms with Crippen molar-refractivity contribution in [2.45, 2.75) is 25.7 Å². The first-order valence-electron chi connectivity index (χ1n) is 5.24. The Hall–Kier alpha value is -0.940. The van der Waals surface area contributed by atoms with Crippen LogP contribution in [0.2, 0.25) is 0 Å². The molecule has 1 aromatic rings. The van der Waals surface area contributed by atoms with Crippen LogP contribution in [0.5, 0.6) is 0 Å². The molecule has 0 fully saturated rings. The summed E-state index contributed by atoms with van der Waals surface area (Å²) < 4.78 is 0. The predicted molar refractivity (Wildman–Crippen MR) is 71.7 cm³/mol. The number of nitrogens with one attached hydrogen (secondary N) is 1. The lowest BCUT2D eigenvalue weighted by molar-refractivity contribution is -0.120. The van der Waals surface area contributed by atoms with E-state index in [4.69, 9.17) is 18.0 Å². The van der Waals surface area contributed by atoms with E-state index in [1.54, 1.807) is 11.3 Å². The maximum atomic E-state index is 11.5. The molecule has 1 heterocycles. The van der Waals surface area contributed by atoms with Crippen LogP contribution < -0.4 is 11.1 Å². The zero-order valence-corrected chi connectivity index (χ0v) is 10.7. The Morgan fingerprint density at radius 2 is 2.31 bits per heavy atom. The van der Waals surface area contributed by atoms with Crippen molar-refractivity contribution >= 4 is 34.5 Å². The van der Waals surface area contributed by atoms with E-state index in [2.05, 4.69) is 5.32 Å². The summed E-state index contributed by atoms with van der Waals surface area (Å²) in [5.41, 5.74) is 6.44. The highest BCUT2D eigenvalue weighted by atomic mass is 32.1. The number of thiocarbonyl (C=S) groups is 1. The SMILES string of the molecule is NC(=S)CCCCNC(=O)Cc1ccsc1. The standard InChI is InChI=1S/C11H16N2OS2/c12-10(15)3-1-2-5-13-11(14)7-9-4-6-16-8-9/h4,6,8H,1-3,5,7H2,(H2,12,15)(H,13,14). The summed E-state index contributed by atoms with van der Waals surface area (Å²) in [7, 11) is 0. The summed E-state index contributed by atoms with van der Waals surface area (Å²) in [6, 6.07) is 1.97. The van der Waals surface area contributed by atoms with Crippen LogP contribution in [0, 0.1) is 0 Å². The molecular weight excluding hydrogens is 240 g/mol. The number of nitrogens with two attached hydrogens (primary N) is 1. The number of amides is 1. The molecule has 0 aromatic carbocycles. The molecule has 0 unspecified atom stereocenters. The number of carbonyl (C=O) groups excluding carboxylic acids is 1. The molecule has 0 atom stereocenters. The van der Waals surface area contributed by atoms with Crippen LogP contribution in [0.1, 0.15) is 24.8 Å². The Bertz CT molecular complexity index is 336. The summed E-state index contributed by atoms with van der Waals surface area (Å²) in [5.74, 6) is 0.0775. The zero-order valence-electron chi connectivity index (χ0n) is 9.07. The van der Waals surface area contributed by atoms with E-state index in [9.17, 15) is 4.79 Å². The van der Waals surface area contributed by atoms with Crippen LogP contribution >= 0.6 is 23.6 Å². The van der Waals surface area contributed by atoms with Gasteiger partial charge >= 0.3 is 0 Å². The number of rotatable bonds is 7. The largest absolute Gasteiger partial charge is 0.393 e. The first kappa shape index (κ1) is 13.1. The van der Waals surface area contributed by atoms with Gasteiger partial charge in [0.25, 0.3) is 0 Å². The highest BCUT2D eigenvalue weighted by Crippen LogP contribution is 2.06. The molecule has 0 radical (unpaired) electrons. The Kier molecular flexibility index (Phi) is 6.03. The average Bonchev–Trinajstić information content (AvgIpc) is 2.69. The third-order valence-corrected chi connectivity index (χ3v) is 3.05. The fourth-order valence-electron chi connectivity index (χ4n) is 1.29. The monoisotopic (exact) mass is 256 g/mol. The lowest BCUT2D eigenvalue weighted by Crippen LogP contribution is -2.26. The van der Waals surface area contributed by atoms with Crippen LogP contribution in [-0.2, 0) is 11.2 Å². The summed E-state index contributed by atoms with van der Waals surface area (Å²) in [5, 5.41) is 6.85. The van der Waals surface area contributed by atoms with Gasteiger partial charge in [-0.3, -0.25) is 4.79 Å². The van der Waals surface area contributed by atoms with E-state index in [0.29, 0.717) is 18.0 Å². The molecular formula is C11H16N2OS2. The van der Waals surface area contributed by atoms with Crippen LogP contribution in [0.4, 0.5) is 0 Å². The number of unbranched alkanes of at least 4 members (excludes halogenated alkanes) is 1. The van der Waals surface area contributed by atoms with Gasteiger partial charge in [-0.15, -0.1) is 0 Å². The van der Waals surface area contributed by atoms with Gasteiger partial charge < -0.3 is 11.1 Å². The highest BCUT2D eigenvalue weighted by molar-refractivity contribution is 7.80. The lowest BCUT2D eigenvalue weighted by atomic mass is 10.2.